The molecule has 0 saturated heterocycles. The zero-order valence-corrected chi connectivity index (χ0v) is 7.72. The molecular formula is C8H9NO5. The summed E-state index contributed by atoms with van der Waals surface area (Å²) in [6.07, 6.45) is 0.395. The molecular weight excluding hydrogens is 190 g/mol. The van der Waals surface area contributed by atoms with Crippen LogP contribution in [0, 0.1) is 11.3 Å². The molecule has 6 nitrogen and oxygen atoms in total. The first kappa shape index (κ1) is 12.0. The van der Waals surface area contributed by atoms with Crippen LogP contribution in [-0.4, -0.2) is 32.3 Å². The van der Waals surface area contributed by atoms with Crippen molar-refractivity contribution in [1.29, 1.82) is 5.26 Å². The van der Waals surface area contributed by atoms with E-state index in [1.165, 1.54) is 0 Å². The molecule has 0 aliphatic carbocycles. The van der Waals surface area contributed by atoms with Crippen molar-refractivity contribution in [1.82, 2.24) is 0 Å². The fourth-order valence-corrected chi connectivity index (χ4v) is 0.570. The van der Waals surface area contributed by atoms with E-state index >= 15 is 0 Å². The summed E-state index contributed by atoms with van der Waals surface area (Å²) in [5.41, 5.74) is 0. The summed E-state index contributed by atoms with van der Waals surface area (Å²) in [7, 11) is 2.21. The number of carbonyl (C=O) groups is 2. The Bertz CT molecular complexity index is 262. The topological polar surface area (TPSA) is 85.6 Å². The molecule has 0 amide bonds. The highest BCUT2D eigenvalue weighted by molar-refractivity contribution is 5.98. The van der Waals surface area contributed by atoms with Crippen LogP contribution in [0.25, 0.3) is 0 Å². The number of nitrogens with zero attached hydrogens (tertiary/aromatic N) is 1. The summed E-state index contributed by atoms with van der Waals surface area (Å²) in [5.74, 6) is -1.78. The summed E-state index contributed by atoms with van der Waals surface area (Å²) < 4.78 is 13.2. The Balaban J connectivity index is 4.42. The van der Waals surface area contributed by atoms with Gasteiger partial charge in [0.05, 0.1) is 32.6 Å². The van der Waals surface area contributed by atoms with Crippen molar-refractivity contribution in [3.63, 3.8) is 0 Å². The molecule has 76 valence electrons. The van der Waals surface area contributed by atoms with E-state index in [2.05, 4.69) is 14.2 Å². The molecule has 0 aromatic heterocycles. The van der Waals surface area contributed by atoms with E-state index in [9.17, 15) is 9.59 Å². The largest absolute Gasteiger partial charge is 0.474 e. The van der Waals surface area contributed by atoms with Gasteiger partial charge in [0, 0.05) is 0 Å². The quantitative estimate of drug-likeness (QED) is 0.269. The van der Waals surface area contributed by atoms with Crippen LogP contribution in [0.5, 0.6) is 0 Å². The Hall–Kier alpha value is -2.03. The molecule has 0 fully saturated rings. The molecule has 0 N–H and O–H groups in total. The molecule has 0 aromatic carbocycles. The van der Waals surface area contributed by atoms with Crippen molar-refractivity contribution in [3.05, 3.63) is 12.3 Å². The Kier molecular flexibility index (Phi) is 5.54. The summed E-state index contributed by atoms with van der Waals surface area (Å²) in [6.45, 7) is 0. The van der Waals surface area contributed by atoms with E-state index in [4.69, 9.17) is 5.26 Å². The van der Waals surface area contributed by atoms with Gasteiger partial charge < -0.3 is 14.2 Å². The van der Waals surface area contributed by atoms with Gasteiger partial charge in [0.25, 0.3) is 6.10 Å². The van der Waals surface area contributed by atoms with Crippen molar-refractivity contribution in [2.24, 2.45) is 0 Å². The van der Waals surface area contributed by atoms with E-state index in [1.54, 1.807) is 6.07 Å². The molecule has 0 bridgehead atoms. The first-order valence-electron chi connectivity index (χ1n) is 3.53. The van der Waals surface area contributed by atoms with Crippen LogP contribution < -0.4 is 0 Å². The first-order valence-corrected chi connectivity index (χ1v) is 3.53. The molecule has 0 heterocycles. The number of nitriles is 1. The van der Waals surface area contributed by atoms with Crippen molar-refractivity contribution in [2.45, 2.75) is 6.10 Å². The highest BCUT2D eigenvalue weighted by Crippen LogP contribution is 1.98. The normalized spacial score (nSPS) is 9.57. The third-order valence-corrected chi connectivity index (χ3v) is 1.19. The van der Waals surface area contributed by atoms with E-state index in [0.717, 1.165) is 26.6 Å². The fourth-order valence-electron chi connectivity index (χ4n) is 0.570. The number of methoxy groups -OCH3 is 2. The summed E-state index contributed by atoms with van der Waals surface area (Å²) in [5, 5.41) is 8.12. The highest BCUT2D eigenvalue weighted by atomic mass is 16.6. The number of allylic oxidation sites excluding steroid dienone is 1. The van der Waals surface area contributed by atoms with E-state index in [-0.39, 0.29) is 0 Å². The van der Waals surface area contributed by atoms with Gasteiger partial charge in [-0.15, -0.1) is 0 Å². The molecule has 0 aliphatic heterocycles. The molecule has 0 aliphatic rings. The van der Waals surface area contributed by atoms with Gasteiger partial charge in [-0.1, -0.05) is 0 Å². The van der Waals surface area contributed by atoms with Crippen molar-refractivity contribution < 1.29 is 23.8 Å². The zero-order chi connectivity index (χ0) is 11.0. The van der Waals surface area contributed by atoms with Gasteiger partial charge in [-0.05, 0) is 0 Å². The minimum absolute atomic E-state index is 0.889. The molecule has 0 rings (SSSR count). The minimum Gasteiger partial charge on any atom is -0.474 e. The minimum atomic E-state index is -1.49. The lowest BCUT2D eigenvalue weighted by molar-refractivity contribution is -0.165. The second-order valence-corrected chi connectivity index (χ2v) is 1.99. The first-order chi connectivity index (χ1) is 6.67. The van der Waals surface area contributed by atoms with Gasteiger partial charge in [-0.2, -0.15) is 5.26 Å². The second-order valence-electron chi connectivity index (χ2n) is 1.99. The fraction of sp³-hybridized carbons (Fsp3) is 0.375. The Labute approximate surface area is 80.7 Å². The van der Waals surface area contributed by atoms with Crippen LogP contribution in [0.3, 0.4) is 0 Å². The number of hydrogen-bond acceptors (Lipinski definition) is 6. The lowest BCUT2D eigenvalue weighted by Crippen LogP contribution is -2.33. The van der Waals surface area contributed by atoms with Gasteiger partial charge in [0.2, 0.25) is 0 Å². The van der Waals surface area contributed by atoms with E-state index in [0.29, 0.717) is 0 Å². The third-order valence-electron chi connectivity index (χ3n) is 1.19. The molecule has 0 aromatic rings. The SMILES string of the molecule is COC(=O)C(OC=CC#N)C(=O)OC. The Morgan fingerprint density at radius 1 is 1.29 bits per heavy atom. The standard InChI is InChI=1S/C8H9NO5/c1-12-7(10)6(8(11)13-2)14-5-3-4-9/h3,5-6H,1-2H3. The molecule has 6 heteroatoms. The van der Waals surface area contributed by atoms with Crippen LogP contribution in [0.15, 0.2) is 12.3 Å². The number of rotatable bonds is 4. The van der Waals surface area contributed by atoms with Crippen LogP contribution >= 0.6 is 0 Å². The van der Waals surface area contributed by atoms with Crippen LogP contribution in [0.2, 0.25) is 0 Å². The monoisotopic (exact) mass is 199 g/mol. The second kappa shape index (κ2) is 6.48. The number of hydrogen-bond donors (Lipinski definition) is 0. The molecule has 14 heavy (non-hydrogen) atoms. The lowest BCUT2D eigenvalue weighted by atomic mass is 10.3. The predicted molar refractivity (Wildman–Crippen MR) is 43.7 cm³/mol. The van der Waals surface area contributed by atoms with Gasteiger partial charge >= 0.3 is 11.9 Å². The maximum atomic E-state index is 10.9. The van der Waals surface area contributed by atoms with Crippen molar-refractivity contribution in [3.8, 4) is 6.07 Å². The van der Waals surface area contributed by atoms with Gasteiger partial charge in [0.15, 0.2) is 0 Å². The molecule has 0 unspecified atom stereocenters. The molecule has 0 saturated carbocycles. The molecule has 0 radical (unpaired) electrons. The zero-order valence-electron chi connectivity index (χ0n) is 7.72. The smallest absolute Gasteiger partial charge is 0.358 e. The van der Waals surface area contributed by atoms with Gasteiger partial charge in [0.1, 0.15) is 0 Å². The average Bonchev–Trinajstić information content (AvgIpc) is 2.22. The highest BCUT2D eigenvalue weighted by Gasteiger charge is 2.29. The maximum absolute atomic E-state index is 10.9. The Morgan fingerprint density at radius 3 is 2.14 bits per heavy atom. The van der Waals surface area contributed by atoms with E-state index in [1.807, 2.05) is 0 Å². The molecule has 0 atom stereocenters. The maximum Gasteiger partial charge on any atom is 0.358 e. The number of ether oxygens (including phenoxy) is 3. The van der Waals surface area contributed by atoms with Crippen molar-refractivity contribution >= 4 is 11.9 Å². The molecule has 0 spiro atoms. The Morgan fingerprint density at radius 2 is 1.79 bits per heavy atom. The summed E-state index contributed by atoms with van der Waals surface area (Å²) in [6, 6.07) is 1.63. The van der Waals surface area contributed by atoms with Crippen molar-refractivity contribution in [2.75, 3.05) is 14.2 Å². The number of carbonyl (C=O) groups excluding carboxylic acids is 2. The van der Waals surface area contributed by atoms with Gasteiger partial charge in [-0.3, -0.25) is 0 Å². The number of esters is 2. The average molecular weight is 199 g/mol. The van der Waals surface area contributed by atoms with Gasteiger partial charge in [-0.25, -0.2) is 9.59 Å². The van der Waals surface area contributed by atoms with Crippen LogP contribution in [0.4, 0.5) is 0 Å². The van der Waals surface area contributed by atoms with Crippen LogP contribution in [0.1, 0.15) is 0 Å². The third kappa shape index (κ3) is 3.58. The summed E-state index contributed by atoms with van der Waals surface area (Å²) >= 11 is 0. The van der Waals surface area contributed by atoms with E-state index < -0.39 is 18.0 Å². The predicted octanol–water partition coefficient (Wildman–Crippen LogP) is -0.245. The van der Waals surface area contributed by atoms with Crippen LogP contribution in [-0.2, 0) is 23.8 Å². The lowest BCUT2D eigenvalue weighted by Gasteiger charge is -2.10. The summed E-state index contributed by atoms with van der Waals surface area (Å²) in [4.78, 5) is 21.9.